The Morgan fingerprint density at radius 2 is 1.04 bits per heavy atom. The van der Waals surface area contributed by atoms with Crippen molar-refractivity contribution in [1.82, 2.24) is 14.1 Å². The molecule has 3 aromatic heterocycles. The molecule has 1 aliphatic rings. The van der Waals surface area contributed by atoms with E-state index in [2.05, 4.69) is 258 Å². The third-order valence-electron chi connectivity index (χ3n) is 14.3. The van der Waals surface area contributed by atoms with Crippen molar-refractivity contribution in [1.29, 1.82) is 0 Å². The van der Waals surface area contributed by atoms with Crippen LogP contribution < -0.4 is 14.5 Å². The normalized spacial score (nSPS) is 13.1. The Morgan fingerprint density at radius 3 is 1.73 bits per heavy atom. The SMILES string of the molecule is CC(C)(C)c1cc(N2[CH-]N(c3[c-]c(Oc4[c-]c5c(cc4)c4cc(-c6cccc(-n7c8ccccc8c8ccccc87)c6)ccc4n5-c4cc(C(C)(C)C)ccn4)ccc3)c3ccccc32)cc(C(C)(C)C)c1.[Pt]. The van der Waals surface area contributed by atoms with Crippen LogP contribution in [0.3, 0.4) is 0 Å². The van der Waals surface area contributed by atoms with Crippen molar-refractivity contribution in [3.05, 3.63) is 218 Å². The summed E-state index contributed by atoms with van der Waals surface area (Å²) in [7, 11) is 0. The van der Waals surface area contributed by atoms with E-state index >= 15 is 0 Å². The monoisotopic (exact) mass is 1130 g/mol. The van der Waals surface area contributed by atoms with Crippen LogP contribution in [-0.4, -0.2) is 14.1 Å². The maximum atomic E-state index is 6.76. The zero-order valence-electron chi connectivity index (χ0n) is 42.9. The van der Waals surface area contributed by atoms with E-state index in [0.717, 1.165) is 67.2 Å². The summed E-state index contributed by atoms with van der Waals surface area (Å²) < 4.78 is 11.4. The molecular weight excluding hydrogens is 1070 g/mol. The second-order valence-electron chi connectivity index (χ2n) is 22.3. The number of fused-ring (bicyclic) bond motifs is 7. The molecule has 0 N–H and O–H groups in total. The van der Waals surface area contributed by atoms with E-state index in [0.29, 0.717) is 11.5 Å². The Bertz CT molecular complexity index is 3830. The molecule has 0 spiro atoms. The number of aromatic nitrogens is 3. The van der Waals surface area contributed by atoms with Gasteiger partial charge >= 0.3 is 0 Å². The third kappa shape index (κ3) is 8.60. The van der Waals surface area contributed by atoms with Crippen molar-refractivity contribution in [3.8, 4) is 34.1 Å². The van der Waals surface area contributed by atoms with Gasteiger partial charge in [0.05, 0.1) is 11.0 Å². The van der Waals surface area contributed by atoms with E-state index in [-0.39, 0.29) is 37.3 Å². The van der Waals surface area contributed by atoms with Crippen LogP contribution in [0.25, 0.3) is 66.2 Å². The molecular formula is C66H58N5OPt-3. The Kier molecular flexibility index (Phi) is 11.8. The molecule has 4 heterocycles. The number of anilines is 4. The minimum Gasteiger partial charge on any atom is -0.509 e. The quantitative estimate of drug-likeness (QED) is 0.149. The molecule has 0 fully saturated rings. The molecule has 1 aliphatic heterocycles. The minimum absolute atomic E-state index is 0. The molecule has 0 amide bonds. The van der Waals surface area contributed by atoms with Crippen LogP contribution >= 0.6 is 0 Å². The van der Waals surface area contributed by atoms with Crippen molar-refractivity contribution >= 4 is 66.4 Å². The topological polar surface area (TPSA) is 38.5 Å². The van der Waals surface area contributed by atoms with Gasteiger partial charge < -0.3 is 23.7 Å². The molecule has 7 heteroatoms. The molecule has 0 atom stereocenters. The predicted octanol–water partition coefficient (Wildman–Crippen LogP) is 17.6. The number of benzene rings is 8. The Hall–Kier alpha value is -7.40. The minimum atomic E-state index is -0.0695. The fourth-order valence-corrected chi connectivity index (χ4v) is 10.3. The van der Waals surface area contributed by atoms with Gasteiger partial charge in [0, 0.05) is 77.8 Å². The van der Waals surface area contributed by atoms with E-state index in [1.165, 1.54) is 38.5 Å². The van der Waals surface area contributed by atoms with Gasteiger partial charge in [-0.05, 0) is 116 Å². The van der Waals surface area contributed by atoms with Crippen molar-refractivity contribution in [3.63, 3.8) is 0 Å². The second kappa shape index (κ2) is 18.0. The van der Waals surface area contributed by atoms with Gasteiger partial charge in [0.2, 0.25) is 0 Å². The molecule has 11 aromatic rings. The number of ether oxygens (including phenoxy) is 1. The van der Waals surface area contributed by atoms with E-state index in [9.17, 15) is 0 Å². The Balaban J connectivity index is 0.00000574. The molecule has 0 unspecified atom stereocenters. The molecule has 12 rings (SSSR count). The fraction of sp³-hybridized carbons (Fsp3) is 0.182. The summed E-state index contributed by atoms with van der Waals surface area (Å²) in [6.07, 6.45) is 1.92. The average molecular weight is 1130 g/mol. The first kappa shape index (κ1) is 47.9. The summed E-state index contributed by atoms with van der Waals surface area (Å²) >= 11 is 0. The van der Waals surface area contributed by atoms with E-state index in [1.54, 1.807) is 0 Å². The smallest absolute Gasteiger partial charge is 0.135 e. The summed E-state index contributed by atoms with van der Waals surface area (Å²) in [5.41, 5.74) is 15.6. The number of hydrogen-bond acceptors (Lipinski definition) is 4. The largest absolute Gasteiger partial charge is 0.509 e. The van der Waals surface area contributed by atoms with Crippen LogP contribution in [0.2, 0.25) is 0 Å². The molecule has 0 saturated carbocycles. The van der Waals surface area contributed by atoms with Crippen molar-refractivity contribution in [2.45, 2.75) is 78.6 Å². The van der Waals surface area contributed by atoms with Crippen molar-refractivity contribution in [2.24, 2.45) is 0 Å². The zero-order valence-corrected chi connectivity index (χ0v) is 45.1. The summed E-state index contributed by atoms with van der Waals surface area (Å²) in [6, 6.07) is 70.5. The Labute approximate surface area is 443 Å². The number of para-hydroxylation sites is 4. The average Bonchev–Trinajstić information content (AvgIpc) is 4.03. The summed E-state index contributed by atoms with van der Waals surface area (Å²) in [6.45, 7) is 22.6. The first-order chi connectivity index (χ1) is 34.6. The maximum Gasteiger partial charge on any atom is 0.135 e. The molecule has 0 bridgehead atoms. The molecule has 366 valence electrons. The third-order valence-corrected chi connectivity index (χ3v) is 14.3. The van der Waals surface area contributed by atoms with Crippen LogP contribution in [0, 0.1) is 18.8 Å². The van der Waals surface area contributed by atoms with Gasteiger partial charge in [0.15, 0.2) is 0 Å². The Morgan fingerprint density at radius 1 is 0.438 bits per heavy atom. The van der Waals surface area contributed by atoms with E-state index < -0.39 is 0 Å². The molecule has 0 aliphatic carbocycles. The molecule has 0 saturated heterocycles. The molecule has 6 nitrogen and oxygen atoms in total. The van der Waals surface area contributed by atoms with Crippen molar-refractivity contribution < 1.29 is 25.8 Å². The van der Waals surface area contributed by atoms with Gasteiger partial charge in [-0.3, -0.25) is 0 Å². The number of nitrogens with zero attached hydrogens (tertiary/aromatic N) is 5. The maximum absolute atomic E-state index is 6.76. The van der Waals surface area contributed by atoms with Crippen LogP contribution in [0.4, 0.5) is 22.7 Å². The van der Waals surface area contributed by atoms with Crippen LogP contribution in [-0.2, 0) is 37.3 Å². The summed E-state index contributed by atoms with van der Waals surface area (Å²) in [5, 5.41) is 4.67. The van der Waals surface area contributed by atoms with Crippen LogP contribution in [0.15, 0.2) is 182 Å². The van der Waals surface area contributed by atoms with Gasteiger partial charge in [-0.2, -0.15) is 12.1 Å². The van der Waals surface area contributed by atoms with Gasteiger partial charge in [-0.25, -0.2) is 4.98 Å². The first-order valence-electron chi connectivity index (χ1n) is 25.0. The predicted molar refractivity (Wildman–Crippen MR) is 300 cm³/mol. The fourth-order valence-electron chi connectivity index (χ4n) is 10.3. The van der Waals surface area contributed by atoms with E-state index in [1.807, 2.05) is 24.4 Å². The first-order valence-corrected chi connectivity index (χ1v) is 25.0. The van der Waals surface area contributed by atoms with Gasteiger partial charge in [0.1, 0.15) is 5.82 Å². The molecule has 0 radical (unpaired) electrons. The van der Waals surface area contributed by atoms with Crippen molar-refractivity contribution in [2.75, 3.05) is 9.80 Å². The van der Waals surface area contributed by atoms with Gasteiger partial charge in [0.25, 0.3) is 0 Å². The number of hydrogen-bond donors (Lipinski definition) is 0. The van der Waals surface area contributed by atoms with Gasteiger partial charge in [-0.15, -0.1) is 48.1 Å². The summed E-state index contributed by atoms with van der Waals surface area (Å²) in [5.74, 6) is 2.02. The van der Waals surface area contributed by atoms with Gasteiger partial charge in [-0.1, -0.05) is 147 Å². The molecule has 73 heavy (non-hydrogen) atoms. The second-order valence-corrected chi connectivity index (χ2v) is 22.3. The van der Waals surface area contributed by atoms with Crippen LogP contribution in [0.1, 0.15) is 79.0 Å². The molecule has 8 aromatic carbocycles. The zero-order chi connectivity index (χ0) is 49.7. The summed E-state index contributed by atoms with van der Waals surface area (Å²) in [4.78, 5) is 9.51. The van der Waals surface area contributed by atoms with Crippen LogP contribution in [0.5, 0.6) is 11.5 Å². The number of rotatable bonds is 7. The number of pyridine rings is 1. The standard InChI is InChI=1S/C66H58N5O.Pt/c1-64(2,3)45-32-33-67-63(39-45)71-59-31-28-44(43-18-16-20-49(34-43)70-57-24-12-10-22-53(57)54-23-11-13-25-58(54)70)35-56(59)55-30-29-52(41-62(55)71)72-51-21-17-19-48(40-51)68-42-69(61-27-15-14-26-60(61)68)50-37-46(65(4,5)6)36-47(38-50)66(7,8)9;/h10-39,42H,1-9H3;/q-3;. The van der Waals surface area contributed by atoms with E-state index in [4.69, 9.17) is 9.72 Å².